The largest absolute Gasteiger partial charge is 0.508 e. The number of aliphatic hydroxyl groups is 1. The molecule has 7 heteroatoms. The molecule has 2 unspecified atom stereocenters. The maximum absolute atomic E-state index is 13.4. The van der Waals surface area contributed by atoms with Crippen LogP contribution in [0.4, 0.5) is 5.69 Å². The maximum atomic E-state index is 13.4. The number of rotatable bonds is 6. The van der Waals surface area contributed by atoms with E-state index in [0.717, 1.165) is 11.3 Å². The fraction of sp³-hybridized carbons (Fsp3) is 0.267. The smallest absolute Gasteiger partial charge is 0.300 e. The van der Waals surface area contributed by atoms with E-state index in [9.17, 15) is 19.8 Å². The van der Waals surface area contributed by atoms with Gasteiger partial charge < -0.3 is 19.7 Å². The number of ether oxygens (including phenoxy) is 2. The minimum Gasteiger partial charge on any atom is -0.508 e. The van der Waals surface area contributed by atoms with Crippen molar-refractivity contribution in [1.82, 2.24) is 0 Å². The van der Waals surface area contributed by atoms with Gasteiger partial charge in [-0.2, -0.15) is 0 Å². The molecule has 2 heterocycles. The predicted molar refractivity (Wildman–Crippen MR) is 140 cm³/mol. The van der Waals surface area contributed by atoms with Gasteiger partial charge in [0, 0.05) is 17.7 Å². The third kappa shape index (κ3) is 4.65. The SMILES string of the molecule is CC(C)COc1ccc(N2C(=O)C(=O)/C(=C(\O)c3ccc4c(c3)CC(C)O4)C2c2cccc(O)c2)cc1. The molecule has 0 aromatic heterocycles. The van der Waals surface area contributed by atoms with Crippen LogP contribution in [0.25, 0.3) is 5.76 Å². The molecule has 2 aliphatic heterocycles. The quantitative estimate of drug-likeness (QED) is 0.269. The van der Waals surface area contributed by atoms with Crippen LogP contribution in [-0.4, -0.2) is 34.6 Å². The van der Waals surface area contributed by atoms with Crippen molar-refractivity contribution in [3.05, 3.63) is 89.0 Å². The van der Waals surface area contributed by atoms with Crippen LogP contribution in [-0.2, 0) is 16.0 Å². The van der Waals surface area contributed by atoms with E-state index in [-0.39, 0.29) is 23.2 Å². The van der Waals surface area contributed by atoms with Crippen LogP contribution in [0.5, 0.6) is 17.2 Å². The highest BCUT2D eigenvalue weighted by molar-refractivity contribution is 6.51. The summed E-state index contributed by atoms with van der Waals surface area (Å²) in [6, 6.07) is 17.6. The Bertz CT molecular complexity index is 1390. The molecule has 2 atom stereocenters. The van der Waals surface area contributed by atoms with E-state index < -0.39 is 17.7 Å². The summed E-state index contributed by atoms with van der Waals surface area (Å²) in [4.78, 5) is 28.1. The van der Waals surface area contributed by atoms with E-state index in [1.54, 1.807) is 54.6 Å². The number of carbonyl (C=O) groups excluding carboxylic acids is 2. The molecule has 0 saturated carbocycles. The Kier molecular flexibility index (Phi) is 6.38. The molecule has 0 spiro atoms. The van der Waals surface area contributed by atoms with Crippen molar-refractivity contribution >= 4 is 23.1 Å². The number of fused-ring (bicyclic) bond motifs is 1. The van der Waals surface area contributed by atoms with Gasteiger partial charge in [-0.1, -0.05) is 26.0 Å². The molecule has 3 aromatic carbocycles. The summed E-state index contributed by atoms with van der Waals surface area (Å²) in [7, 11) is 0. The third-order valence-corrected chi connectivity index (χ3v) is 6.50. The molecule has 2 N–H and O–H groups in total. The fourth-order valence-electron chi connectivity index (χ4n) is 4.80. The van der Waals surface area contributed by atoms with E-state index in [4.69, 9.17) is 9.47 Å². The second-order valence-electron chi connectivity index (χ2n) is 9.92. The lowest BCUT2D eigenvalue weighted by atomic mass is 9.94. The van der Waals surface area contributed by atoms with Crippen molar-refractivity contribution in [2.45, 2.75) is 39.3 Å². The van der Waals surface area contributed by atoms with Gasteiger partial charge in [0.15, 0.2) is 0 Å². The highest BCUT2D eigenvalue weighted by atomic mass is 16.5. The lowest BCUT2D eigenvalue weighted by Crippen LogP contribution is -2.29. The molecule has 37 heavy (non-hydrogen) atoms. The molecule has 1 amide bonds. The lowest BCUT2D eigenvalue weighted by Gasteiger charge is -2.25. The first-order valence-electron chi connectivity index (χ1n) is 12.4. The summed E-state index contributed by atoms with van der Waals surface area (Å²) in [6.07, 6.45) is 0.712. The number of phenols is 1. The number of benzene rings is 3. The summed E-state index contributed by atoms with van der Waals surface area (Å²) in [5.41, 5.74) is 2.29. The average molecular weight is 500 g/mol. The maximum Gasteiger partial charge on any atom is 0.300 e. The molecule has 1 saturated heterocycles. The Morgan fingerprint density at radius 1 is 1.08 bits per heavy atom. The Morgan fingerprint density at radius 3 is 2.54 bits per heavy atom. The zero-order valence-electron chi connectivity index (χ0n) is 21.0. The molecule has 3 aromatic rings. The molecule has 0 bridgehead atoms. The van der Waals surface area contributed by atoms with Gasteiger partial charge in [0.05, 0.1) is 18.2 Å². The minimum atomic E-state index is -0.932. The average Bonchev–Trinajstić information content (AvgIpc) is 3.38. The molecular formula is C30H29NO6. The second kappa shape index (κ2) is 9.65. The topological polar surface area (TPSA) is 96.3 Å². The number of hydrogen-bond donors (Lipinski definition) is 2. The predicted octanol–water partition coefficient (Wildman–Crippen LogP) is 5.38. The molecule has 0 aliphatic carbocycles. The van der Waals surface area contributed by atoms with Crippen LogP contribution in [0.15, 0.2) is 72.3 Å². The van der Waals surface area contributed by atoms with Gasteiger partial charge >= 0.3 is 0 Å². The molecule has 1 fully saturated rings. The van der Waals surface area contributed by atoms with Crippen molar-refractivity contribution < 1.29 is 29.3 Å². The molecule has 5 rings (SSSR count). The van der Waals surface area contributed by atoms with Gasteiger partial charge in [0.2, 0.25) is 0 Å². The number of amides is 1. The standard InChI is InChI=1S/C30H29NO6/c1-17(2)16-36-24-10-8-22(9-11-24)31-27(19-5-4-6-23(32)15-19)26(29(34)30(31)35)28(33)20-7-12-25-21(14-20)13-18(3)37-25/h4-12,14-15,17-18,27,32-33H,13,16H2,1-3H3/b28-26-. The summed E-state index contributed by atoms with van der Waals surface area (Å²) in [5, 5.41) is 21.6. The molecule has 0 radical (unpaired) electrons. The number of aliphatic hydroxyl groups excluding tert-OH is 1. The normalized spacial score (nSPS) is 20.3. The highest BCUT2D eigenvalue weighted by Gasteiger charge is 2.47. The van der Waals surface area contributed by atoms with E-state index >= 15 is 0 Å². The molecule has 2 aliphatic rings. The van der Waals surface area contributed by atoms with Crippen LogP contribution < -0.4 is 14.4 Å². The van der Waals surface area contributed by atoms with E-state index in [1.807, 2.05) is 6.92 Å². The summed E-state index contributed by atoms with van der Waals surface area (Å²) >= 11 is 0. The number of carbonyl (C=O) groups is 2. The van der Waals surface area contributed by atoms with Gasteiger partial charge in [-0.3, -0.25) is 14.5 Å². The van der Waals surface area contributed by atoms with E-state index in [0.29, 0.717) is 41.5 Å². The first kappa shape index (κ1) is 24.4. The number of nitrogens with zero attached hydrogens (tertiary/aromatic N) is 1. The first-order chi connectivity index (χ1) is 17.7. The number of Topliss-reactive ketones (excluding diaryl/α,β-unsaturated/α-hetero) is 1. The van der Waals surface area contributed by atoms with Crippen molar-refractivity contribution in [3.63, 3.8) is 0 Å². The van der Waals surface area contributed by atoms with Gasteiger partial charge in [-0.05, 0) is 78.6 Å². The summed E-state index contributed by atoms with van der Waals surface area (Å²) in [6.45, 7) is 6.62. The van der Waals surface area contributed by atoms with Crippen LogP contribution in [0.3, 0.4) is 0 Å². The van der Waals surface area contributed by atoms with Crippen LogP contribution in [0, 0.1) is 5.92 Å². The first-order valence-corrected chi connectivity index (χ1v) is 12.4. The zero-order chi connectivity index (χ0) is 26.3. The Morgan fingerprint density at radius 2 is 1.84 bits per heavy atom. The summed E-state index contributed by atoms with van der Waals surface area (Å²) < 4.78 is 11.5. The fourth-order valence-corrected chi connectivity index (χ4v) is 4.80. The lowest BCUT2D eigenvalue weighted by molar-refractivity contribution is -0.132. The Labute approximate surface area is 215 Å². The van der Waals surface area contributed by atoms with Crippen LogP contribution in [0.1, 0.15) is 43.5 Å². The molecule has 7 nitrogen and oxygen atoms in total. The highest BCUT2D eigenvalue weighted by Crippen LogP contribution is 2.43. The van der Waals surface area contributed by atoms with Crippen molar-refractivity contribution in [2.75, 3.05) is 11.5 Å². The van der Waals surface area contributed by atoms with Gasteiger partial charge in [0.1, 0.15) is 29.1 Å². The number of phenolic OH excluding ortho intramolecular Hbond substituents is 1. The Hall–Kier alpha value is -4.26. The van der Waals surface area contributed by atoms with E-state index in [2.05, 4.69) is 13.8 Å². The number of ketones is 1. The zero-order valence-corrected chi connectivity index (χ0v) is 21.0. The number of aromatic hydroxyl groups is 1. The van der Waals surface area contributed by atoms with E-state index in [1.165, 1.54) is 17.0 Å². The second-order valence-corrected chi connectivity index (χ2v) is 9.92. The van der Waals surface area contributed by atoms with Crippen LogP contribution in [0.2, 0.25) is 0 Å². The number of anilines is 1. The van der Waals surface area contributed by atoms with Gasteiger partial charge in [-0.25, -0.2) is 0 Å². The van der Waals surface area contributed by atoms with Crippen molar-refractivity contribution in [1.29, 1.82) is 0 Å². The molecular weight excluding hydrogens is 470 g/mol. The van der Waals surface area contributed by atoms with Gasteiger partial charge in [0.25, 0.3) is 11.7 Å². The monoisotopic (exact) mass is 499 g/mol. The number of hydrogen-bond acceptors (Lipinski definition) is 6. The third-order valence-electron chi connectivity index (χ3n) is 6.50. The summed E-state index contributed by atoms with van der Waals surface area (Å²) in [5.74, 6) is -0.0823. The van der Waals surface area contributed by atoms with Gasteiger partial charge in [-0.15, -0.1) is 0 Å². The minimum absolute atomic E-state index is 0.0100. The van der Waals surface area contributed by atoms with Crippen molar-refractivity contribution in [2.24, 2.45) is 5.92 Å². The Balaban J connectivity index is 1.60. The van der Waals surface area contributed by atoms with Crippen LogP contribution >= 0.6 is 0 Å². The van der Waals surface area contributed by atoms with Crippen molar-refractivity contribution in [3.8, 4) is 17.2 Å². The molecule has 190 valence electrons.